The van der Waals surface area contributed by atoms with Gasteiger partial charge in [0.15, 0.2) is 5.82 Å². The van der Waals surface area contributed by atoms with Gasteiger partial charge in [-0.3, -0.25) is 0 Å². The zero-order chi connectivity index (χ0) is 14.3. The fourth-order valence-electron chi connectivity index (χ4n) is 1.93. The van der Waals surface area contributed by atoms with E-state index in [2.05, 4.69) is 5.10 Å². The first-order valence-electron chi connectivity index (χ1n) is 5.92. The molecule has 6 heteroatoms. The van der Waals surface area contributed by atoms with Gasteiger partial charge in [-0.15, -0.1) is 11.3 Å². The van der Waals surface area contributed by atoms with E-state index in [0.29, 0.717) is 11.4 Å². The molecule has 0 radical (unpaired) electrons. The number of anilines is 1. The molecule has 102 valence electrons. The number of rotatable bonds is 2. The Morgan fingerprint density at radius 3 is 2.65 bits per heavy atom. The third kappa shape index (κ3) is 2.18. The number of hydrogen-bond donors (Lipinski definition) is 1. The van der Waals surface area contributed by atoms with Crippen LogP contribution in [0.25, 0.3) is 16.3 Å². The van der Waals surface area contributed by atoms with E-state index < -0.39 is 11.6 Å². The van der Waals surface area contributed by atoms with Crippen LogP contribution in [0.1, 0.15) is 4.88 Å². The molecule has 0 aliphatic heterocycles. The monoisotopic (exact) mass is 291 g/mol. The van der Waals surface area contributed by atoms with E-state index in [1.807, 2.05) is 19.1 Å². The second-order valence-electron chi connectivity index (χ2n) is 4.38. The minimum atomic E-state index is -0.679. The zero-order valence-electron chi connectivity index (χ0n) is 10.6. The number of hydrogen-bond acceptors (Lipinski definition) is 3. The third-order valence-corrected chi connectivity index (χ3v) is 3.88. The fraction of sp³-hybridized carbons (Fsp3) is 0.0714. The van der Waals surface area contributed by atoms with E-state index in [9.17, 15) is 8.78 Å². The minimum Gasteiger partial charge on any atom is -0.396 e. The number of aromatic nitrogens is 2. The van der Waals surface area contributed by atoms with Crippen molar-refractivity contribution in [3.63, 3.8) is 0 Å². The molecule has 2 N–H and O–H groups in total. The summed E-state index contributed by atoms with van der Waals surface area (Å²) >= 11 is 1.56. The average molecular weight is 291 g/mol. The van der Waals surface area contributed by atoms with Gasteiger partial charge in [0.2, 0.25) is 0 Å². The molecule has 0 spiro atoms. The molecule has 0 aliphatic carbocycles. The Morgan fingerprint density at radius 1 is 1.20 bits per heavy atom. The van der Waals surface area contributed by atoms with E-state index in [4.69, 9.17) is 5.73 Å². The summed E-state index contributed by atoms with van der Waals surface area (Å²) in [5.41, 5.74) is 7.15. The van der Waals surface area contributed by atoms with Crippen LogP contribution in [0.4, 0.5) is 14.5 Å². The number of thiophene rings is 1. The molecule has 2 aromatic heterocycles. The first-order valence-corrected chi connectivity index (χ1v) is 6.73. The zero-order valence-corrected chi connectivity index (χ0v) is 11.4. The van der Waals surface area contributed by atoms with Crippen LogP contribution in [-0.2, 0) is 0 Å². The smallest absolute Gasteiger partial charge is 0.151 e. The van der Waals surface area contributed by atoms with Crippen LogP contribution < -0.4 is 5.73 Å². The van der Waals surface area contributed by atoms with Crippen LogP contribution in [0.3, 0.4) is 0 Å². The van der Waals surface area contributed by atoms with Crippen LogP contribution in [0.5, 0.6) is 0 Å². The summed E-state index contributed by atoms with van der Waals surface area (Å²) in [4.78, 5) is 2.06. The predicted molar refractivity (Wildman–Crippen MR) is 75.9 cm³/mol. The number of aryl methyl sites for hydroxylation is 1. The average Bonchev–Trinajstić information content (AvgIpc) is 2.95. The van der Waals surface area contributed by atoms with Crippen molar-refractivity contribution in [1.29, 1.82) is 0 Å². The molecule has 0 unspecified atom stereocenters. The highest BCUT2D eigenvalue weighted by Gasteiger charge is 2.13. The Labute approximate surface area is 118 Å². The van der Waals surface area contributed by atoms with Crippen molar-refractivity contribution in [2.24, 2.45) is 0 Å². The molecule has 0 bridgehead atoms. The Hall–Kier alpha value is -2.21. The van der Waals surface area contributed by atoms with E-state index in [1.165, 1.54) is 23.0 Å². The topological polar surface area (TPSA) is 43.8 Å². The SMILES string of the molecule is Cc1ccc(-c2nn(-c3ccc(F)cc3F)cc2N)s1. The van der Waals surface area contributed by atoms with E-state index in [1.54, 1.807) is 11.3 Å². The molecule has 0 amide bonds. The maximum atomic E-state index is 13.7. The number of nitrogens with two attached hydrogens (primary N) is 1. The second kappa shape index (κ2) is 4.72. The van der Waals surface area contributed by atoms with Crippen molar-refractivity contribution < 1.29 is 8.78 Å². The predicted octanol–water partition coefficient (Wildman–Crippen LogP) is 3.77. The largest absolute Gasteiger partial charge is 0.396 e. The van der Waals surface area contributed by atoms with Gasteiger partial charge in [0.25, 0.3) is 0 Å². The molecular formula is C14H11F2N3S. The van der Waals surface area contributed by atoms with E-state index >= 15 is 0 Å². The number of halogens is 2. The lowest BCUT2D eigenvalue weighted by Gasteiger charge is -2.02. The standard InChI is InChI=1S/C14H11F2N3S/c1-8-2-5-13(20-8)14-11(17)7-19(18-14)12-4-3-9(15)6-10(12)16/h2-7H,17H2,1H3. The molecule has 0 aliphatic rings. The highest BCUT2D eigenvalue weighted by molar-refractivity contribution is 7.15. The molecule has 2 heterocycles. The number of nitrogens with zero attached hydrogens (tertiary/aromatic N) is 2. The fourth-order valence-corrected chi connectivity index (χ4v) is 2.81. The molecule has 1 aromatic carbocycles. The molecule has 3 nitrogen and oxygen atoms in total. The third-order valence-electron chi connectivity index (χ3n) is 2.87. The number of benzene rings is 1. The first kappa shape index (κ1) is 12.8. The lowest BCUT2D eigenvalue weighted by molar-refractivity contribution is 0.574. The van der Waals surface area contributed by atoms with Crippen LogP contribution in [0.2, 0.25) is 0 Å². The van der Waals surface area contributed by atoms with Crippen molar-refractivity contribution in [3.05, 3.63) is 53.0 Å². The molecule has 0 fully saturated rings. The van der Waals surface area contributed by atoms with Crippen molar-refractivity contribution in [2.45, 2.75) is 6.92 Å². The molecular weight excluding hydrogens is 280 g/mol. The van der Waals surface area contributed by atoms with Crippen LogP contribution in [0, 0.1) is 18.6 Å². The maximum absolute atomic E-state index is 13.7. The van der Waals surface area contributed by atoms with Gasteiger partial charge in [0, 0.05) is 10.9 Å². The van der Waals surface area contributed by atoms with Gasteiger partial charge < -0.3 is 5.73 Å². The minimum absolute atomic E-state index is 0.164. The number of nitrogen functional groups attached to an aromatic ring is 1. The first-order chi connectivity index (χ1) is 9.54. The van der Waals surface area contributed by atoms with Gasteiger partial charge in [0.05, 0.1) is 16.8 Å². The Bertz CT molecular complexity index is 777. The van der Waals surface area contributed by atoms with Gasteiger partial charge in [-0.2, -0.15) is 5.10 Å². The summed E-state index contributed by atoms with van der Waals surface area (Å²) in [7, 11) is 0. The van der Waals surface area contributed by atoms with Crippen LogP contribution in [-0.4, -0.2) is 9.78 Å². The molecule has 0 saturated heterocycles. The van der Waals surface area contributed by atoms with Crippen LogP contribution in [0.15, 0.2) is 36.5 Å². The summed E-state index contributed by atoms with van der Waals surface area (Å²) < 4.78 is 28.0. The normalized spacial score (nSPS) is 10.9. The molecule has 20 heavy (non-hydrogen) atoms. The molecule has 3 rings (SSSR count). The highest BCUT2D eigenvalue weighted by Crippen LogP contribution is 2.31. The van der Waals surface area contributed by atoms with Crippen molar-refractivity contribution >= 4 is 17.0 Å². The van der Waals surface area contributed by atoms with Crippen molar-refractivity contribution in [2.75, 3.05) is 5.73 Å². The quantitative estimate of drug-likeness (QED) is 0.781. The van der Waals surface area contributed by atoms with Crippen molar-refractivity contribution in [1.82, 2.24) is 9.78 Å². The lowest BCUT2D eigenvalue weighted by Crippen LogP contribution is -1.99. The molecule has 0 saturated carbocycles. The summed E-state index contributed by atoms with van der Waals surface area (Å²) in [5.74, 6) is -1.30. The molecule has 0 atom stereocenters. The maximum Gasteiger partial charge on any atom is 0.151 e. The molecule has 3 aromatic rings. The summed E-state index contributed by atoms with van der Waals surface area (Å²) in [6, 6.07) is 7.23. The highest BCUT2D eigenvalue weighted by atomic mass is 32.1. The van der Waals surface area contributed by atoms with Gasteiger partial charge >= 0.3 is 0 Å². The van der Waals surface area contributed by atoms with Gasteiger partial charge in [-0.1, -0.05) is 0 Å². The van der Waals surface area contributed by atoms with Crippen LogP contribution >= 0.6 is 11.3 Å². The van der Waals surface area contributed by atoms with Gasteiger partial charge in [-0.05, 0) is 31.2 Å². The van der Waals surface area contributed by atoms with Gasteiger partial charge in [-0.25, -0.2) is 13.5 Å². The van der Waals surface area contributed by atoms with E-state index in [-0.39, 0.29) is 5.69 Å². The van der Waals surface area contributed by atoms with Crippen molar-refractivity contribution in [3.8, 4) is 16.3 Å². The van der Waals surface area contributed by atoms with E-state index in [0.717, 1.165) is 15.8 Å². The Balaban J connectivity index is 2.08. The summed E-state index contributed by atoms with van der Waals surface area (Å²) in [6.45, 7) is 1.99. The van der Waals surface area contributed by atoms with Gasteiger partial charge in [0.1, 0.15) is 17.2 Å². The Kier molecular flexibility index (Phi) is 3.02. The second-order valence-corrected chi connectivity index (χ2v) is 5.67. The summed E-state index contributed by atoms with van der Waals surface area (Å²) in [5, 5.41) is 4.29. The summed E-state index contributed by atoms with van der Waals surface area (Å²) in [6.07, 6.45) is 1.53. The lowest BCUT2D eigenvalue weighted by atomic mass is 10.3. The Morgan fingerprint density at radius 2 is 2.00 bits per heavy atom.